The molecule has 0 bridgehead atoms. The molecule has 5 aromatic rings. The van der Waals surface area contributed by atoms with Crippen molar-refractivity contribution < 1.29 is 4.79 Å². The van der Waals surface area contributed by atoms with E-state index in [1.54, 1.807) is 6.20 Å². The first-order valence-electron chi connectivity index (χ1n) is 11.0. The van der Waals surface area contributed by atoms with Crippen LogP contribution in [0, 0.1) is 0 Å². The Labute approximate surface area is 194 Å². The molecule has 0 spiro atoms. The number of benzene rings is 2. The third-order valence-corrected chi connectivity index (χ3v) is 7.02. The standard InChI is InChI=1S/C25H22N6OS/c1-15(24(32)28-22-10-4-9-21-18(22)7-5-13-26-21)33-25-30-29-23(31(25)16-11-12-16)19-14-27-20-8-3-2-6-17(19)20/h2-10,13-16,27H,11-12H2,1H3,(H,28,32). The molecule has 0 radical (unpaired) electrons. The monoisotopic (exact) mass is 454 g/mol. The van der Waals surface area contributed by atoms with E-state index in [0.717, 1.165) is 56.9 Å². The van der Waals surface area contributed by atoms with Crippen molar-refractivity contribution in [2.75, 3.05) is 5.32 Å². The van der Waals surface area contributed by atoms with Crippen LogP contribution in [0.3, 0.4) is 0 Å². The number of pyridine rings is 1. The summed E-state index contributed by atoms with van der Waals surface area (Å²) in [6.07, 6.45) is 5.95. The number of carbonyl (C=O) groups excluding carboxylic acids is 1. The van der Waals surface area contributed by atoms with Gasteiger partial charge in [0.1, 0.15) is 0 Å². The van der Waals surface area contributed by atoms with Gasteiger partial charge in [0.2, 0.25) is 5.91 Å². The summed E-state index contributed by atoms with van der Waals surface area (Å²) in [6.45, 7) is 1.90. The molecular formula is C25H22N6OS. The lowest BCUT2D eigenvalue weighted by molar-refractivity contribution is -0.115. The molecule has 3 heterocycles. The number of fused-ring (bicyclic) bond motifs is 2. The average molecular weight is 455 g/mol. The van der Waals surface area contributed by atoms with E-state index in [4.69, 9.17) is 0 Å². The molecule has 164 valence electrons. The van der Waals surface area contributed by atoms with E-state index in [1.165, 1.54) is 11.8 Å². The predicted molar refractivity (Wildman–Crippen MR) is 131 cm³/mol. The molecule has 0 aliphatic heterocycles. The van der Waals surface area contributed by atoms with Gasteiger partial charge in [0.25, 0.3) is 0 Å². The van der Waals surface area contributed by atoms with Gasteiger partial charge in [0, 0.05) is 40.3 Å². The smallest absolute Gasteiger partial charge is 0.237 e. The fourth-order valence-electron chi connectivity index (χ4n) is 4.12. The van der Waals surface area contributed by atoms with Gasteiger partial charge in [-0.25, -0.2) is 0 Å². The highest BCUT2D eigenvalue weighted by Gasteiger charge is 2.32. The molecule has 1 amide bonds. The molecule has 1 atom stereocenters. The summed E-state index contributed by atoms with van der Waals surface area (Å²) >= 11 is 1.45. The van der Waals surface area contributed by atoms with Crippen molar-refractivity contribution in [3.8, 4) is 11.4 Å². The molecule has 1 unspecified atom stereocenters. The van der Waals surface area contributed by atoms with E-state index in [9.17, 15) is 4.79 Å². The number of nitrogens with one attached hydrogen (secondary N) is 2. The van der Waals surface area contributed by atoms with E-state index in [1.807, 2.05) is 55.6 Å². The summed E-state index contributed by atoms with van der Waals surface area (Å²) in [4.78, 5) is 20.7. The minimum absolute atomic E-state index is 0.0738. The maximum absolute atomic E-state index is 13.1. The third kappa shape index (κ3) is 3.66. The van der Waals surface area contributed by atoms with Crippen LogP contribution in [0.4, 0.5) is 5.69 Å². The van der Waals surface area contributed by atoms with Crippen molar-refractivity contribution in [1.29, 1.82) is 0 Å². The Morgan fingerprint density at radius 3 is 2.82 bits per heavy atom. The Kier molecular flexibility index (Phi) is 4.87. The Hall–Kier alpha value is -3.65. The van der Waals surface area contributed by atoms with Crippen LogP contribution in [0.5, 0.6) is 0 Å². The van der Waals surface area contributed by atoms with Crippen molar-refractivity contribution in [2.45, 2.75) is 36.2 Å². The molecular weight excluding hydrogens is 432 g/mol. The van der Waals surface area contributed by atoms with Crippen LogP contribution in [-0.2, 0) is 4.79 Å². The van der Waals surface area contributed by atoms with Crippen LogP contribution in [0.2, 0.25) is 0 Å². The van der Waals surface area contributed by atoms with Gasteiger partial charge in [-0.2, -0.15) is 0 Å². The number of hydrogen-bond acceptors (Lipinski definition) is 5. The Morgan fingerprint density at radius 2 is 1.94 bits per heavy atom. The molecule has 1 saturated carbocycles. The van der Waals surface area contributed by atoms with Crippen LogP contribution < -0.4 is 5.32 Å². The zero-order valence-corrected chi connectivity index (χ0v) is 18.8. The number of nitrogens with zero attached hydrogens (tertiary/aromatic N) is 4. The summed E-state index contributed by atoms with van der Waals surface area (Å²) in [7, 11) is 0. The highest BCUT2D eigenvalue weighted by atomic mass is 32.2. The summed E-state index contributed by atoms with van der Waals surface area (Å²) in [6, 6.07) is 18.2. The Morgan fingerprint density at radius 1 is 1.09 bits per heavy atom. The lowest BCUT2D eigenvalue weighted by atomic mass is 10.1. The molecule has 1 aliphatic rings. The number of H-pyrrole nitrogens is 1. The first-order valence-corrected chi connectivity index (χ1v) is 11.9. The predicted octanol–water partition coefficient (Wildman–Crippen LogP) is 5.43. The molecule has 0 saturated heterocycles. The summed E-state index contributed by atoms with van der Waals surface area (Å²) in [5.74, 6) is 0.778. The SMILES string of the molecule is CC(Sc1nnc(-c2c[nH]c3ccccc23)n1C1CC1)C(=O)Nc1cccc2ncccc12. The number of carbonyl (C=O) groups is 1. The van der Waals surface area contributed by atoms with Gasteiger partial charge < -0.3 is 10.3 Å². The highest BCUT2D eigenvalue weighted by Crippen LogP contribution is 2.43. The van der Waals surface area contributed by atoms with Crippen LogP contribution in [0.25, 0.3) is 33.2 Å². The first kappa shape index (κ1) is 20.0. The maximum atomic E-state index is 13.1. The number of aromatic amines is 1. The van der Waals surface area contributed by atoms with Gasteiger partial charge in [-0.05, 0) is 50.1 Å². The van der Waals surface area contributed by atoms with Gasteiger partial charge in [-0.15, -0.1) is 10.2 Å². The molecule has 7 nitrogen and oxygen atoms in total. The largest absolute Gasteiger partial charge is 0.360 e. The number of rotatable bonds is 6. The lowest BCUT2D eigenvalue weighted by Crippen LogP contribution is -2.23. The van der Waals surface area contributed by atoms with Crippen molar-refractivity contribution >= 4 is 45.2 Å². The first-order chi connectivity index (χ1) is 16.2. The van der Waals surface area contributed by atoms with Crippen molar-refractivity contribution in [2.24, 2.45) is 0 Å². The topological polar surface area (TPSA) is 88.5 Å². The zero-order valence-electron chi connectivity index (χ0n) is 18.0. The number of thioether (sulfide) groups is 1. The quantitative estimate of drug-likeness (QED) is 0.334. The molecule has 2 N–H and O–H groups in total. The Balaban J connectivity index is 1.27. The van der Waals surface area contributed by atoms with Gasteiger partial charge in [0.15, 0.2) is 11.0 Å². The maximum Gasteiger partial charge on any atom is 0.237 e. The van der Waals surface area contributed by atoms with E-state index >= 15 is 0 Å². The van der Waals surface area contributed by atoms with Gasteiger partial charge in [-0.3, -0.25) is 14.3 Å². The second kappa shape index (κ2) is 8.04. The molecule has 33 heavy (non-hydrogen) atoms. The number of para-hydroxylation sites is 1. The van der Waals surface area contributed by atoms with Gasteiger partial charge in [-0.1, -0.05) is 36.0 Å². The zero-order chi connectivity index (χ0) is 22.4. The molecule has 6 rings (SSSR count). The van der Waals surface area contributed by atoms with Gasteiger partial charge >= 0.3 is 0 Å². The Bertz CT molecular complexity index is 1480. The number of amides is 1. The van der Waals surface area contributed by atoms with Crippen LogP contribution >= 0.6 is 11.8 Å². The molecule has 1 aliphatic carbocycles. The number of anilines is 1. The molecule has 8 heteroatoms. The number of aromatic nitrogens is 5. The van der Waals surface area contributed by atoms with Crippen LogP contribution in [0.1, 0.15) is 25.8 Å². The second-order valence-electron chi connectivity index (χ2n) is 8.28. The number of hydrogen-bond donors (Lipinski definition) is 2. The van der Waals surface area contributed by atoms with Crippen LogP contribution in [0.15, 0.2) is 72.1 Å². The van der Waals surface area contributed by atoms with Crippen LogP contribution in [-0.4, -0.2) is 35.9 Å². The molecule has 1 fully saturated rings. The second-order valence-corrected chi connectivity index (χ2v) is 9.59. The average Bonchev–Trinajstić information content (AvgIpc) is 3.46. The van der Waals surface area contributed by atoms with Crippen molar-refractivity contribution in [3.63, 3.8) is 0 Å². The third-order valence-electron chi connectivity index (χ3n) is 5.96. The van der Waals surface area contributed by atoms with E-state index in [2.05, 4.69) is 42.2 Å². The molecule has 2 aromatic carbocycles. The fourth-order valence-corrected chi connectivity index (χ4v) is 5.04. The highest BCUT2D eigenvalue weighted by molar-refractivity contribution is 8.00. The van der Waals surface area contributed by atoms with E-state index in [0.29, 0.717) is 6.04 Å². The summed E-state index contributed by atoms with van der Waals surface area (Å²) < 4.78 is 2.20. The van der Waals surface area contributed by atoms with E-state index < -0.39 is 0 Å². The van der Waals surface area contributed by atoms with Crippen molar-refractivity contribution in [1.82, 2.24) is 24.7 Å². The fraction of sp³-hybridized carbons (Fsp3) is 0.200. The summed E-state index contributed by atoms with van der Waals surface area (Å²) in [5.41, 5.74) is 3.73. The molecule has 3 aromatic heterocycles. The van der Waals surface area contributed by atoms with Gasteiger partial charge in [0.05, 0.1) is 16.5 Å². The normalized spacial score (nSPS) is 14.6. The van der Waals surface area contributed by atoms with E-state index in [-0.39, 0.29) is 11.2 Å². The minimum atomic E-state index is -0.338. The summed E-state index contributed by atoms with van der Waals surface area (Å²) in [5, 5.41) is 14.6. The van der Waals surface area contributed by atoms with Crippen molar-refractivity contribution in [3.05, 3.63) is 67.0 Å². The minimum Gasteiger partial charge on any atom is -0.360 e. The lowest BCUT2D eigenvalue weighted by Gasteiger charge is -2.14.